The van der Waals surface area contributed by atoms with Crippen molar-refractivity contribution in [3.05, 3.63) is 11.6 Å². The van der Waals surface area contributed by atoms with E-state index in [0.29, 0.717) is 12.8 Å². The fourth-order valence-electron chi connectivity index (χ4n) is 6.93. The zero-order chi connectivity index (χ0) is 18.9. The second-order valence-corrected chi connectivity index (χ2v) is 9.33. The number of ether oxygens (including phenoxy) is 1. The SMILES string of the molecule is COC(=N)[C@@]1(O)CC[C@H]2[C@@H]3CCC4=CC(=O)CC[C@]4(C)[C@H]3C(=O)C[C@@]21C. The van der Waals surface area contributed by atoms with Gasteiger partial charge in [0.2, 0.25) is 5.90 Å². The maximum Gasteiger partial charge on any atom is 0.213 e. The highest BCUT2D eigenvalue weighted by atomic mass is 16.5. The van der Waals surface area contributed by atoms with E-state index in [1.165, 1.54) is 7.11 Å². The van der Waals surface area contributed by atoms with Crippen LogP contribution in [-0.4, -0.2) is 35.3 Å². The van der Waals surface area contributed by atoms with Gasteiger partial charge in [0.05, 0.1) is 7.11 Å². The third kappa shape index (κ3) is 2.04. The Kier molecular flexibility index (Phi) is 3.79. The van der Waals surface area contributed by atoms with Gasteiger partial charge in [-0.15, -0.1) is 0 Å². The van der Waals surface area contributed by atoms with E-state index < -0.39 is 11.0 Å². The number of carbonyl (C=O) groups is 2. The van der Waals surface area contributed by atoms with Crippen LogP contribution >= 0.6 is 0 Å². The van der Waals surface area contributed by atoms with Gasteiger partial charge in [0.25, 0.3) is 0 Å². The molecule has 142 valence electrons. The molecule has 0 bridgehead atoms. The van der Waals surface area contributed by atoms with Crippen LogP contribution in [0.1, 0.15) is 58.8 Å². The van der Waals surface area contributed by atoms with Crippen LogP contribution < -0.4 is 0 Å². The highest BCUT2D eigenvalue weighted by Crippen LogP contribution is 2.66. The van der Waals surface area contributed by atoms with Gasteiger partial charge in [0.15, 0.2) is 5.78 Å². The summed E-state index contributed by atoms with van der Waals surface area (Å²) in [5.74, 6) is 0.637. The lowest BCUT2D eigenvalue weighted by Gasteiger charge is -2.57. The molecule has 4 aliphatic carbocycles. The molecular formula is C21H29NO4. The summed E-state index contributed by atoms with van der Waals surface area (Å²) in [6, 6.07) is 0. The molecule has 0 saturated heterocycles. The van der Waals surface area contributed by atoms with E-state index >= 15 is 0 Å². The molecule has 0 amide bonds. The standard InChI is InChI=1S/C21H29NO4/c1-19-8-6-13(23)10-12(19)4-5-14-15-7-9-21(25,18(22)26-3)20(15,2)11-16(24)17(14)19/h10,14-15,17,22,25H,4-9,11H2,1-3H3/t14-,15-,17+,19-,20-,21-/m0/s1. The van der Waals surface area contributed by atoms with Gasteiger partial charge in [-0.1, -0.05) is 19.4 Å². The number of nitrogens with one attached hydrogen (secondary N) is 1. The van der Waals surface area contributed by atoms with E-state index in [4.69, 9.17) is 10.1 Å². The average Bonchev–Trinajstić information content (AvgIpc) is 2.86. The Bertz CT molecular complexity index is 728. The highest BCUT2D eigenvalue weighted by Gasteiger charge is 2.68. The van der Waals surface area contributed by atoms with Crippen LogP contribution in [0, 0.1) is 34.0 Å². The van der Waals surface area contributed by atoms with Gasteiger partial charge >= 0.3 is 0 Å². The number of rotatable bonds is 1. The first-order valence-corrected chi connectivity index (χ1v) is 9.79. The molecule has 2 N–H and O–H groups in total. The normalized spacial score (nSPS) is 47.5. The number of aliphatic hydroxyl groups is 1. The van der Waals surface area contributed by atoms with Crippen LogP contribution in [0.25, 0.3) is 0 Å². The third-order valence-electron chi connectivity index (χ3n) is 8.39. The lowest BCUT2D eigenvalue weighted by Crippen LogP contribution is -2.60. The van der Waals surface area contributed by atoms with Crippen molar-refractivity contribution in [3.8, 4) is 0 Å². The predicted molar refractivity (Wildman–Crippen MR) is 96.8 cm³/mol. The Morgan fingerprint density at radius 1 is 1.23 bits per heavy atom. The number of methoxy groups -OCH3 is 1. The fourth-order valence-corrected chi connectivity index (χ4v) is 6.93. The molecule has 0 aromatic heterocycles. The van der Waals surface area contributed by atoms with Crippen LogP contribution in [0.2, 0.25) is 0 Å². The minimum Gasteiger partial charge on any atom is -0.482 e. The van der Waals surface area contributed by atoms with Gasteiger partial charge in [0.1, 0.15) is 11.4 Å². The number of ketones is 2. The Hall–Kier alpha value is -1.49. The van der Waals surface area contributed by atoms with Crippen molar-refractivity contribution in [1.29, 1.82) is 5.41 Å². The zero-order valence-corrected chi connectivity index (χ0v) is 15.9. The molecule has 5 heteroatoms. The van der Waals surface area contributed by atoms with Crippen molar-refractivity contribution in [2.45, 2.75) is 64.4 Å². The molecule has 0 radical (unpaired) electrons. The molecule has 3 saturated carbocycles. The molecule has 26 heavy (non-hydrogen) atoms. The number of allylic oxidation sites excluding steroid dienone is 1. The molecule has 0 aromatic rings. The molecule has 0 heterocycles. The molecule has 6 atom stereocenters. The van der Waals surface area contributed by atoms with Gasteiger partial charge in [-0.3, -0.25) is 15.0 Å². The smallest absolute Gasteiger partial charge is 0.213 e. The van der Waals surface area contributed by atoms with E-state index in [0.717, 1.165) is 31.3 Å². The minimum atomic E-state index is -1.35. The van der Waals surface area contributed by atoms with Crippen LogP contribution in [0.3, 0.4) is 0 Å². The van der Waals surface area contributed by atoms with Crippen LogP contribution in [0.15, 0.2) is 11.6 Å². The van der Waals surface area contributed by atoms with E-state index in [-0.39, 0.29) is 47.1 Å². The Morgan fingerprint density at radius 3 is 2.65 bits per heavy atom. The van der Waals surface area contributed by atoms with Crippen molar-refractivity contribution < 1.29 is 19.4 Å². The van der Waals surface area contributed by atoms with Crippen LogP contribution in [0.4, 0.5) is 0 Å². The van der Waals surface area contributed by atoms with Crippen molar-refractivity contribution in [1.82, 2.24) is 0 Å². The Labute approximate surface area is 154 Å². The van der Waals surface area contributed by atoms with Crippen molar-refractivity contribution in [2.75, 3.05) is 7.11 Å². The summed E-state index contributed by atoms with van der Waals surface area (Å²) in [6.45, 7) is 4.14. The largest absolute Gasteiger partial charge is 0.482 e. The summed E-state index contributed by atoms with van der Waals surface area (Å²) in [4.78, 5) is 25.3. The number of fused-ring (bicyclic) bond motifs is 5. The first-order chi connectivity index (χ1) is 12.2. The first-order valence-electron chi connectivity index (χ1n) is 9.79. The van der Waals surface area contributed by atoms with Crippen LogP contribution in [-0.2, 0) is 14.3 Å². The predicted octanol–water partition coefficient (Wildman–Crippen LogP) is 3.05. The summed E-state index contributed by atoms with van der Waals surface area (Å²) >= 11 is 0. The highest BCUT2D eigenvalue weighted by molar-refractivity contribution is 5.93. The van der Waals surface area contributed by atoms with Gasteiger partial charge in [0, 0.05) is 24.2 Å². The van der Waals surface area contributed by atoms with Gasteiger partial charge in [-0.25, -0.2) is 0 Å². The van der Waals surface area contributed by atoms with E-state index in [1.54, 1.807) is 6.08 Å². The van der Waals surface area contributed by atoms with E-state index in [9.17, 15) is 14.7 Å². The summed E-state index contributed by atoms with van der Waals surface area (Å²) in [6.07, 6.45) is 6.43. The minimum absolute atomic E-state index is 0.0623. The van der Waals surface area contributed by atoms with Crippen LogP contribution in [0.5, 0.6) is 0 Å². The molecule has 0 aromatic carbocycles. The Morgan fingerprint density at radius 2 is 1.96 bits per heavy atom. The quantitative estimate of drug-likeness (QED) is 0.556. The molecular weight excluding hydrogens is 330 g/mol. The lowest BCUT2D eigenvalue weighted by molar-refractivity contribution is -0.153. The fraction of sp³-hybridized carbons (Fsp3) is 0.762. The second kappa shape index (κ2) is 5.51. The van der Waals surface area contributed by atoms with Gasteiger partial charge in [-0.2, -0.15) is 0 Å². The molecule has 5 nitrogen and oxygen atoms in total. The maximum absolute atomic E-state index is 13.4. The Balaban J connectivity index is 1.75. The molecule has 0 aliphatic heterocycles. The third-order valence-corrected chi connectivity index (χ3v) is 8.39. The lowest BCUT2D eigenvalue weighted by atomic mass is 9.46. The summed E-state index contributed by atoms with van der Waals surface area (Å²) in [5, 5.41) is 19.5. The second-order valence-electron chi connectivity index (χ2n) is 9.33. The zero-order valence-electron chi connectivity index (χ0n) is 15.9. The molecule has 4 rings (SSSR count). The number of Topliss-reactive ketones (excluding diaryl/α,β-unsaturated/α-hetero) is 1. The van der Waals surface area contributed by atoms with E-state index in [2.05, 4.69) is 6.92 Å². The monoisotopic (exact) mass is 359 g/mol. The summed E-state index contributed by atoms with van der Waals surface area (Å²) < 4.78 is 5.12. The number of carbonyl (C=O) groups excluding carboxylic acids is 2. The molecule has 4 aliphatic rings. The summed E-state index contributed by atoms with van der Waals surface area (Å²) in [7, 11) is 1.42. The van der Waals surface area contributed by atoms with Crippen molar-refractivity contribution in [2.24, 2.45) is 28.6 Å². The van der Waals surface area contributed by atoms with Gasteiger partial charge in [-0.05, 0) is 55.4 Å². The molecule has 3 fully saturated rings. The van der Waals surface area contributed by atoms with Crippen molar-refractivity contribution in [3.63, 3.8) is 0 Å². The number of hydrogen-bond acceptors (Lipinski definition) is 5. The number of hydrogen-bond donors (Lipinski definition) is 2. The topological polar surface area (TPSA) is 87.4 Å². The maximum atomic E-state index is 13.4. The summed E-state index contributed by atoms with van der Waals surface area (Å²) in [5.41, 5.74) is -1.05. The molecule has 0 spiro atoms. The van der Waals surface area contributed by atoms with Gasteiger partial charge < -0.3 is 9.84 Å². The van der Waals surface area contributed by atoms with Crippen molar-refractivity contribution >= 4 is 17.5 Å². The first kappa shape index (κ1) is 17.9. The average molecular weight is 359 g/mol. The van der Waals surface area contributed by atoms with E-state index in [1.807, 2.05) is 6.92 Å². The molecule has 0 unspecified atom stereocenters.